The highest BCUT2D eigenvalue weighted by atomic mass is 28.3. The predicted octanol–water partition coefficient (Wildman–Crippen LogP) is 15.7. The first-order valence-corrected chi connectivity index (χ1v) is 27.0. The van der Waals surface area contributed by atoms with E-state index >= 15 is 0 Å². The van der Waals surface area contributed by atoms with E-state index in [9.17, 15) is 8.22 Å². The van der Waals surface area contributed by atoms with E-state index in [0.29, 0.717) is 21.8 Å². The van der Waals surface area contributed by atoms with Gasteiger partial charge in [0.1, 0.15) is 0 Å². The van der Waals surface area contributed by atoms with Gasteiger partial charge in [-0.05, 0) is 110 Å². The van der Waals surface area contributed by atoms with Gasteiger partial charge in [-0.2, -0.15) is 0 Å². The van der Waals surface area contributed by atoms with Gasteiger partial charge in [-0.25, -0.2) is 0 Å². The van der Waals surface area contributed by atoms with E-state index in [1.807, 2.05) is 60.7 Å². The molecule has 0 saturated carbocycles. The fourth-order valence-electron chi connectivity index (χ4n) is 11.7. The molecule has 0 aliphatic heterocycles. The van der Waals surface area contributed by atoms with Crippen LogP contribution >= 0.6 is 0 Å². The second-order valence-corrected chi connectivity index (χ2v) is 22.5. The summed E-state index contributed by atoms with van der Waals surface area (Å²) in [5.41, 5.74) is 11.9. The molecule has 0 bridgehead atoms. The number of aromatic nitrogens is 3. The summed E-state index contributed by atoms with van der Waals surface area (Å²) in [6.45, 7) is 0. The third-order valence-corrected chi connectivity index (χ3v) is 19.1. The molecule has 3 heterocycles. The van der Waals surface area contributed by atoms with Crippen LogP contribution in [0.4, 0.5) is 0 Å². The molecule has 0 saturated heterocycles. The number of fused-ring (bicyclic) bond motifs is 9. The largest absolute Gasteiger partial charge is 0.309 e. The summed E-state index contributed by atoms with van der Waals surface area (Å²) in [5, 5.41) is 3.86. The molecule has 0 N–H and O–H groups in total. The third kappa shape index (κ3) is 6.81. The van der Waals surface area contributed by atoms with Crippen molar-refractivity contribution in [1.29, 1.82) is 0 Å². The van der Waals surface area contributed by atoms with Crippen molar-refractivity contribution in [2.45, 2.75) is 0 Å². The maximum Gasteiger partial charge on any atom is 0.179 e. The van der Waals surface area contributed by atoms with Crippen molar-refractivity contribution in [3.8, 4) is 39.3 Å². The van der Waals surface area contributed by atoms with Crippen LogP contribution in [0.5, 0.6) is 0 Å². The fraction of sp³-hybridized carbons (Fsp3) is 0. The first-order valence-electron chi connectivity index (χ1n) is 32.5. The monoisotopic (exact) mass is 998 g/mol. The van der Waals surface area contributed by atoms with Crippen molar-refractivity contribution < 1.29 is 20.6 Å². The van der Waals surface area contributed by atoms with Crippen LogP contribution in [0, 0.1) is 0 Å². The lowest BCUT2D eigenvalue weighted by molar-refractivity contribution is 1.13. The van der Waals surface area contributed by atoms with E-state index in [-0.39, 0.29) is 5.19 Å². The van der Waals surface area contributed by atoms with Gasteiger partial charge in [-0.15, -0.1) is 0 Å². The number of hydrogen-bond acceptors (Lipinski definition) is 0. The molecule has 76 heavy (non-hydrogen) atoms. The number of hydrogen-bond donors (Lipinski definition) is 0. The molecule has 0 aliphatic rings. The number of rotatable bonds is 9. The van der Waals surface area contributed by atoms with Crippen LogP contribution in [0.1, 0.15) is 20.6 Å². The van der Waals surface area contributed by atoms with Crippen molar-refractivity contribution in [3.05, 3.63) is 297 Å². The summed E-state index contributed by atoms with van der Waals surface area (Å²) in [6, 6.07) is 57.2. The second kappa shape index (κ2) is 17.7. The summed E-state index contributed by atoms with van der Waals surface area (Å²) in [4.78, 5) is 0. The molecule has 15 aromatic rings. The molecule has 0 atom stereocenters. The van der Waals surface area contributed by atoms with Crippen molar-refractivity contribution in [2.75, 3.05) is 0 Å². The van der Waals surface area contributed by atoms with Gasteiger partial charge in [0.2, 0.25) is 0 Å². The van der Waals surface area contributed by atoms with Crippen molar-refractivity contribution >= 4 is 94.2 Å². The molecule has 3 nitrogen and oxygen atoms in total. The van der Waals surface area contributed by atoms with Crippen LogP contribution < -0.4 is 20.7 Å². The minimum Gasteiger partial charge on any atom is -0.309 e. The van der Waals surface area contributed by atoms with Crippen LogP contribution in [-0.4, -0.2) is 21.8 Å². The van der Waals surface area contributed by atoms with Crippen molar-refractivity contribution in [1.82, 2.24) is 13.7 Å². The SMILES string of the molecule is [2H]c1c([2H])c([2H])c([Si](c2ccc3c(c2)c2ccccc2n3-c2cc(-c3ccccc3)cc(-n3c4ccccc4c4ccc(-n5c6ccccc6c6cc(-c7ccccc7)ccc65)cc43)c2)(c2c([2H])c([2H])c([2H])c([2H])c2[2H])c2c([2H])c([2H])c([2H])c([2H])c2[2H])c([2H])c1[2H]. The molecule has 15 rings (SSSR count). The molecule has 12 aromatic carbocycles. The van der Waals surface area contributed by atoms with E-state index in [1.165, 1.54) is 0 Å². The highest BCUT2D eigenvalue weighted by Gasteiger charge is 2.41. The molecule has 0 spiro atoms. The van der Waals surface area contributed by atoms with Crippen molar-refractivity contribution in [3.63, 3.8) is 0 Å². The molecule has 0 radical (unpaired) electrons. The lowest BCUT2D eigenvalue weighted by Gasteiger charge is -2.34. The maximum atomic E-state index is 9.70. The normalized spacial score (nSPS) is 14.7. The van der Waals surface area contributed by atoms with Crippen LogP contribution in [0.3, 0.4) is 0 Å². The zero-order chi connectivity index (χ0) is 63.2. The molecule has 3 aromatic heterocycles. The predicted molar refractivity (Wildman–Crippen MR) is 324 cm³/mol. The molecule has 0 fully saturated rings. The summed E-state index contributed by atoms with van der Waals surface area (Å²) in [6.07, 6.45) is 0. The highest BCUT2D eigenvalue weighted by Crippen LogP contribution is 2.41. The Balaban J connectivity index is 1.03. The quantitative estimate of drug-likeness (QED) is 0.101. The summed E-state index contributed by atoms with van der Waals surface area (Å²) in [5.74, 6) is 0. The Morgan fingerprint density at radius 2 is 0.645 bits per heavy atom. The molecular formula is C72H49N3Si. The average Bonchev–Trinajstić information content (AvgIpc) is 1.23. The van der Waals surface area contributed by atoms with E-state index in [0.717, 1.165) is 82.9 Å². The molecule has 0 amide bonds. The Morgan fingerprint density at radius 1 is 0.237 bits per heavy atom. The third-order valence-electron chi connectivity index (χ3n) is 15.0. The zero-order valence-corrected chi connectivity index (χ0v) is 41.5. The smallest absolute Gasteiger partial charge is 0.179 e. The van der Waals surface area contributed by atoms with Crippen LogP contribution in [0.25, 0.3) is 105 Å². The molecule has 0 unspecified atom stereocenters. The Bertz CT molecular complexity index is 5370. The van der Waals surface area contributed by atoms with Gasteiger partial charge in [0.05, 0.1) is 53.7 Å². The van der Waals surface area contributed by atoms with Gasteiger partial charge in [-0.3, -0.25) is 0 Å². The Hall–Kier alpha value is -9.74. The summed E-state index contributed by atoms with van der Waals surface area (Å²) >= 11 is 0. The number of benzene rings is 12. The van der Waals surface area contributed by atoms with E-state index in [1.54, 1.807) is 18.2 Å². The lowest BCUT2D eigenvalue weighted by atomic mass is 10.0. The first-order chi connectivity index (χ1) is 43.9. The van der Waals surface area contributed by atoms with Crippen LogP contribution in [0.15, 0.2) is 297 Å². The summed E-state index contributed by atoms with van der Waals surface area (Å²) < 4.78 is 146. The first kappa shape index (κ1) is 31.1. The molecule has 0 aliphatic carbocycles. The minimum atomic E-state index is -5.43. The summed E-state index contributed by atoms with van der Waals surface area (Å²) in [7, 11) is -5.43. The Morgan fingerprint density at radius 3 is 1.18 bits per heavy atom. The van der Waals surface area contributed by atoms with Gasteiger partial charge < -0.3 is 13.7 Å². The van der Waals surface area contributed by atoms with Crippen molar-refractivity contribution in [2.24, 2.45) is 0 Å². The van der Waals surface area contributed by atoms with E-state index in [4.69, 9.17) is 12.3 Å². The minimum absolute atomic E-state index is 0.0261. The van der Waals surface area contributed by atoms with Gasteiger partial charge in [-0.1, -0.05) is 230 Å². The molecule has 4 heteroatoms. The van der Waals surface area contributed by atoms with Gasteiger partial charge in [0.15, 0.2) is 8.07 Å². The second-order valence-electron chi connectivity index (χ2n) is 18.9. The van der Waals surface area contributed by atoms with E-state index < -0.39 is 114 Å². The van der Waals surface area contributed by atoms with Gasteiger partial charge in [0.25, 0.3) is 0 Å². The molecule has 356 valence electrons. The fourth-order valence-corrected chi connectivity index (χ4v) is 15.5. The molecular weight excluding hydrogens is 935 g/mol. The topological polar surface area (TPSA) is 14.8 Å². The Kier molecular flexibility index (Phi) is 7.26. The number of nitrogens with zero attached hydrogens (tertiary/aromatic N) is 3. The lowest BCUT2D eigenvalue weighted by Crippen LogP contribution is -2.74. The maximum absolute atomic E-state index is 9.70. The van der Waals surface area contributed by atoms with E-state index in [2.05, 4.69) is 141 Å². The van der Waals surface area contributed by atoms with Gasteiger partial charge >= 0.3 is 0 Å². The van der Waals surface area contributed by atoms with Crippen LogP contribution in [-0.2, 0) is 0 Å². The zero-order valence-electron chi connectivity index (χ0n) is 55.5. The average molecular weight is 999 g/mol. The Labute approximate surface area is 463 Å². The standard InChI is InChI=1S/C72H49N3Si/c1-6-22-50(23-7-1)52-38-42-70-65(46-52)62-33-17-20-36-68(62)73(70)54-39-41-64-61-32-16-19-35-67(61)75(72(64)48-54)56-45-53(51-24-8-2-9-25-51)44-55(47-56)74-69-37-21-18-34-63(69)66-49-60(40-43-71(66)74)76(57-26-10-3-11-27-57,58-28-12-4-13-29-58)59-30-14-5-15-31-59/h1-49H/i3D,4D,5D,10D,11D,12D,13D,14D,15D,26D,27D,28D,29D,30D,31D. The van der Waals surface area contributed by atoms with Gasteiger partial charge in [0, 0.05) is 49.4 Å². The van der Waals surface area contributed by atoms with Crippen LogP contribution in [0.2, 0.25) is 0 Å². The highest BCUT2D eigenvalue weighted by molar-refractivity contribution is 7.20. The number of para-hydroxylation sites is 3.